The van der Waals surface area contributed by atoms with Crippen LogP contribution in [-0.4, -0.2) is 4.98 Å². The van der Waals surface area contributed by atoms with E-state index in [4.69, 9.17) is 0 Å². The van der Waals surface area contributed by atoms with Gasteiger partial charge in [0.2, 0.25) is 0 Å². The van der Waals surface area contributed by atoms with Gasteiger partial charge in [0.1, 0.15) is 0 Å². The topological polar surface area (TPSA) is 12.9 Å². The Kier molecular flexibility index (Phi) is 4.59. The molecule has 8 aromatic rings. The molecule has 38 heavy (non-hydrogen) atoms. The summed E-state index contributed by atoms with van der Waals surface area (Å²) in [6.07, 6.45) is 3.74. The first-order valence-electron chi connectivity index (χ1n) is 13.0. The van der Waals surface area contributed by atoms with Crippen molar-refractivity contribution in [3.8, 4) is 33.4 Å². The van der Waals surface area contributed by atoms with E-state index in [1.54, 1.807) is 0 Å². The van der Waals surface area contributed by atoms with Crippen LogP contribution in [0.1, 0.15) is 0 Å². The molecule has 1 heteroatoms. The van der Waals surface area contributed by atoms with E-state index in [2.05, 4.69) is 126 Å². The van der Waals surface area contributed by atoms with Crippen LogP contribution in [0.4, 0.5) is 0 Å². The van der Waals surface area contributed by atoms with Crippen LogP contribution in [0.3, 0.4) is 0 Å². The van der Waals surface area contributed by atoms with Crippen molar-refractivity contribution in [1.29, 1.82) is 0 Å². The highest BCUT2D eigenvalue weighted by Gasteiger charge is 2.17. The van der Waals surface area contributed by atoms with Crippen molar-refractivity contribution in [1.82, 2.24) is 4.98 Å². The molecule has 0 amide bonds. The number of rotatable bonds is 3. The molecule has 1 heterocycles. The van der Waals surface area contributed by atoms with Crippen LogP contribution < -0.4 is 0 Å². The molecule has 0 spiro atoms. The zero-order chi connectivity index (χ0) is 25.1. The lowest BCUT2D eigenvalue weighted by Crippen LogP contribution is -1.91. The summed E-state index contributed by atoms with van der Waals surface area (Å²) in [5, 5.41) is 10.4. The first-order valence-corrected chi connectivity index (χ1v) is 13.0. The van der Waals surface area contributed by atoms with E-state index in [0.717, 1.165) is 5.56 Å². The van der Waals surface area contributed by atoms with Crippen molar-refractivity contribution in [2.45, 2.75) is 0 Å². The summed E-state index contributed by atoms with van der Waals surface area (Å²) in [7, 11) is 0. The second kappa shape index (κ2) is 8.26. The first kappa shape index (κ1) is 21.1. The quantitative estimate of drug-likeness (QED) is 0.229. The van der Waals surface area contributed by atoms with Gasteiger partial charge in [0, 0.05) is 12.4 Å². The summed E-state index contributed by atoms with van der Waals surface area (Å²) in [5.74, 6) is 0. The van der Waals surface area contributed by atoms with Gasteiger partial charge in [-0.2, -0.15) is 0 Å². The number of hydrogen-bond acceptors (Lipinski definition) is 1. The standard InChI is InChI=1S/C37H23N/c1-2-6-29-21-30(15-12-24(29)5-1)35-22-34(26-13-10-25(11-14-26)31-9-4-20-38-23-31)32-18-16-27-7-3-8-28-17-19-33(35)37(32)36(27)28/h1-23H. The van der Waals surface area contributed by atoms with Gasteiger partial charge in [-0.1, -0.05) is 109 Å². The maximum atomic E-state index is 4.30. The Morgan fingerprint density at radius 3 is 1.74 bits per heavy atom. The van der Waals surface area contributed by atoms with Crippen molar-refractivity contribution in [2.75, 3.05) is 0 Å². The number of aromatic nitrogens is 1. The smallest absolute Gasteiger partial charge is 0.0346 e. The molecule has 0 aliphatic rings. The third kappa shape index (κ3) is 3.22. The highest BCUT2D eigenvalue weighted by atomic mass is 14.6. The summed E-state index contributed by atoms with van der Waals surface area (Å²) in [6, 6.07) is 46.6. The van der Waals surface area contributed by atoms with Gasteiger partial charge in [0.25, 0.3) is 0 Å². The van der Waals surface area contributed by atoms with Gasteiger partial charge < -0.3 is 0 Å². The Bertz CT molecular complexity index is 2090. The molecule has 0 bridgehead atoms. The second-order valence-corrected chi connectivity index (χ2v) is 10.0. The lowest BCUT2D eigenvalue weighted by atomic mass is 9.85. The van der Waals surface area contributed by atoms with E-state index in [9.17, 15) is 0 Å². The van der Waals surface area contributed by atoms with Gasteiger partial charge in [-0.05, 0) is 94.7 Å². The number of pyridine rings is 1. The van der Waals surface area contributed by atoms with E-state index in [1.165, 1.54) is 70.9 Å². The Balaban J connectivity index is 1.43. The molecule has 1 nitrogen and oxygen atoms in total. The average Bonchev–Trinajstić information content (AvgIpc) is 3.00. The fourth-order valence-corrected chi connectivity index (χ4v) is 6.04. The molecule has 1 aromatic heterocycles. The lowest BCUT2D eigenvalue weighted by Gasteiger charge is -2.18. The normalized spacial score (nSPS) is 11.7. The molecule has 8 rings (SSSR count). The number of nitrogens with zero attached hydrogens (tertiary/aromatic N) is 1. The van der Waals surface area contributed by atoms with E-state index in [0.29, 0.717) is 0 Å². The molecule has 0 N–H and O–H groups in total. The van der Waals surface area contributed by atoms with Crippen LogP contribution in [0.2, 0.25) is 0 Å². The number of hydrogen-bond donors (Lipinski definition) is 0. The average molecular weight is 482 g/mol. The van der Waals surface area contributed by atoms with Crippen LogP contribution in [0, 0.1) is 0 Å². The molecule has 0 radical (unpaired) electrons. The maximum Gasteiger partial charge on any atom is 0.0346 e. The zero-order valence-electron chi connectivity index (χ0n) is 20.7. The fraction of sp³-hybridized carbons (Fsp3) is 0. The minimum Gasteiger partial charge on any atom is -0.264 e. The molecule has 0 saturated carbocycles. The molecule has 0 fully saturated rings. The van der Waals surface area contributed by atoms with Crippen LogP contribution in [-0.2, 0) is 0 Å². The van der Waals surface area contributed by atoms with Crippen molar-refractivity contribution >= 4 is 43.1 Å². The zero-order valence-corrected chi connectivity index (χ0v) is 20.7. The van der Waals surface area contributed by atoms with E-state index in [1.807, 2.05) is 18.5 Å². The van der Waals surface area contributed by atoms with E-state index in [-0.39, 0.29) is 0 Å². The molecule has 0 saturated heterocycles. The van der Waals surface area contributed by atoms with Gasteiger partial charge in [-0.25, -0.2) is 0 Å². The SMILES string of the molecule is c1cncc(-c2ccc(-c3cc(-c4ccc5ccccc5c4)c4ccc5cccc6ccc3c4c65)cc2)c1. The van der Waals surface area contributed by atoms with Gasteiger partial charge >= 0.3 is 0 Å². The van der Waals surface area contributed by atoms with E-state index < -0.39 is 0 Å². The fourth-order valence-electron chi connectivity index (χ4n) is 6.04. The van der Waals surface area contributed by atoms with Gasteiger partial charge in [0.05, 0.1) is 0 Å². The first-order chi connectivity index (χ1) is 18.8. The lowest BCUT2D eigenvalue weighted by molar-refractivity contribution is 1.33. The van der Waals surface area contributed by atoms with Crippen molar-refractivity contribution in [3.05, 3.63) is 140 Å². The number of benzene rings is 7. The summed E-state index contributed by atoms with van der Waals surface area (Å²) in [5.41, 5.74) is 7.30. The molecule has 7 aromatic carbocycles. The minimum absolute atomic E-state index is 1.13. The van der Waals surface area contributed by atoms with Crippen LogP contribution in [0.5, 0.6) is 0 Å². The van der Waals surface area contributed by atoms with Gasteiger partial charge in [0.15, 0.2) is 0 Å². The minimum atomic E-state index is 1.13. The van der Waals surface area contributed by atoms with Gasteiger partial charge in [-0.3, -0.25) is 4.98 Å². The third-order valence-electron chi connectivity index (χ3n) is 7.90. The third-order valence-corrected chi connectivity index (χ3v) is 7.90. The van der Waals surface area contributed by atoms with Crippen molar-refractivity contribution in [2.24, 2.45) is 0 Å². The Morgan fingerprint density at radius 1 is 0.368 bits per heavy atom. The van der Waals surface area contributed by atoms with E-state index >= 15 is 0 Å². The predicted octanol–water partition coefficient (Wildman–Crippen LogP) is 10.1. The van der Waals surface area contributed by atoms with Crippen molar-refractivity contribution in [3.63, 3.8) is 0 Å². The molecule has 0 aliphatic heterocycles. The maximum absolute atomic E-state index is 4.30. The summed E-state index contributed by atoms with van der Waals surface area (Å²) >= 11 is 0. The highest BCUT2D eigenvalue weighted by Crippen LogP contribution is 2.44. The Morgan fingerprint density at radius 2 is 1.00 bits per heavy atom. The molecule has 0 atom stereocenters. The summed E-state index contributed by atoms with van der Waals surface area (Å²) < 4.78 is 0. The highest BCUT2D eigenvalue weighted by molar-refractivity contribution is 6.28. The Labute approximate surface area is 221 Å². The molecule has 0 unspecified atom stereocenters. The Hall–Kier alpha value is -5.01. The molecule has 0 aliphatic carbocycles. The summed E-state index contributed by atoms with van der Waals surface area (Å²) in [4.78, 5) is 4.30. The molecule has 176 valence electrons. The second-order valence-electron chi connectivity index (χ2n) is 10.0. The van der Waals surface area contributed by atoms with Crippen LogP contribution in [0.15, 0.2) is 140 Å². The largest absolute Gasteiger partial charge is 0.264 e. The summed E-state index contributed by atoms with van der Waals surface area (Å²) in [6.45, 7) is 0. The molecular formula is C37H23N. The number of fused-ring (bicyclic) bond motifs is 1. The monoisotopic (exact) mass is 481 g/mol. The molecular weight excluding hydrogens is 458 g/mol. The van der Waals surface area contributed by atoms with Crippen molar-refractivity contribution < 1.29 is 0 Å². The predicted molar refractivity (Wildman–Crippen MR) is 162 cm³/mol. The van der Waals surface area contributed by atoms with Crippen LogP contribution in [0.25, 0.3) is 76.5 Å². The van der Waals surface area contributed by atoms with Crippen LogP contribution >= 0.6 is 0 Å². The van der Waals surface area contributed by atoms with Gasteiger partial charge in [-0.15, -0.1) is 0 Å².